The number of fused-ring (bicyclic) bond motifs is 3. The summed E-state index contributed by atoms with van der Waals surface area (Å²) in [6, 6.07) is 0. The molecule has 0 aromatic rings. The first-order valence-corrected chi connectivity index (χ1v) is 4.78. The van der Waals surface area contributed by atoms with Crippen LogP contribution < -0.4 is 5.32 Å². The molecule has 0 radical (unpaired) electrons. The average Bonchev–Trinajstić information content (AvgIpc) is 2.69. The van der Waals surface area contributed by atoms with E-state index in [-0.39, 0.29) is 5.41 Å². The maximum absolute atomic E-state index is 11.6. The van der Waals surface area contributed by atoms with Crippen LogP contribution in [-0.2, 0) is 4.79 Å². The summed E-state index contributed by atoms with van der Waals surface area (Å²) in [6.45, 7) is 0.899. The Balaban J connectivity index is 2.02. The van der Waals surface area contributed by atoms with E-state index in [4.69, 9.17) is 0 Å². The summed E-state index contributed by atoms with van der Waals surface area (Å²) in [5.41, 5.74) is 0.0272. The summed E-state index contributed by atoms with van der Waals surface area (Å²) in [4.78, 5) is 11.6. The molecule has 1 saturated heterocycles. The molecule has 64 valence electrons. The number of allylic oxidation sites excluding steroid dienone is 2. The fourth-order valence-electron chi connectivity index (χ4n) is 3.19. The highest BCUT2D eigenvalue weighted by Gasteiger charge is 2.54. The lowest BCUT2D eigenvalue weighted by molar-refractivity contribution is -0.128. The Labute approximate surface area is 72.0 Å². The molecule has 0 aromatic carbocycles. The summed E-state index contributed by atoms with van der Waals surface area (Å²) in [6.07, 6.45) is 7.96. The molecule has 1 spiro atoms. The smallest absolute Gasteiger partial charge is 0.226 e. The van der Waals surface area contributed by atoms with Crippen LogP contribution in [0.2, 0.25) is 0 Å². The summed E-state index contributed by atoms with van der Waals surface area (Å²) < 4.78 is 0. The van der Waals surface area contributed by atoms with Crippen LogP contribution in [0.1, 0.15) is 19.3 Å². The van der Waals surface area contributed by atoms with E-state index in [1.165, 1.54) is 6.42 Å². The molecule has 2 fully saturated rings. The topological polar surface area (TPSA) is 29.1 Å². The summed E-state index contributed by atoms with van der Waals surface area (Å²) >= 11 is 0. The largest absolute Gasteiger partial charge is 0.356 e. The van der Waals surface area contributed by atoms with Gasteiger partial charge in [0.05, 0.1) is 5.41 Å². The van der Waals surface area contributed by atoms with E-state index in [9.17, 15) is 4.79 Å². The number of carbonyl (C=O) groups is 1. The van der Waals surface area contributed by atoms with Crippen molar-refractivity contribution in [2.45, 2.75) is 19.3 Å². The predicted molar refractivity (Wildman–Crippen MR) is 45.4 cm³/mol. The van der Waals surface area contributed by atoms with Gasteiger partial charge in [-0.05, 0) is 31.1 Å². The van der Waals surface area contributed by atoms with Crippen LogP contribution in [0.5, 0.6) is 0 Å². The van der Waals surface area contributed by atoms with Crippen molar-refractivity contribution in [1.29, 1.82) is 0 Å². The predicted octanol–water partition coefficient (Wildman–Crippen LogP) is 1.09. The number of carbonyl (C=O) groups excluding carboxylic acids is 1. The van der Waals surface area contributed by atoms with Gasteiger partial charge in [0.15, 0.2) is 0 Å². The van der Waals surface area contributed by atoms with Gasteiger partial charge in [-0.3, -0.25) is 4.79 Å². The van der Waals surface area contributed by atoms with E-state index in [2.05, 4.69) is 17.5 Å². The van der Waals surface area contributed by atoms with Gasteiger partial charge in [0.2, 0.25) is 5.91 Å². The van der Waals surface area contributed by atoms with Crippen molar-refractivity contribution >= 4 is 5.91 Å². The van der Waals surface area contributed by atoms with Crippen LogP contribution in [0.25, 0.3) is 0 Å². The standard InChI is InChI=1S/C10H13NO/c12-9-10(3-4-11-9)6-7-1-2-8(10)5-7/h1-2,7-8H,3-6H2,(H,11,12)/t7-,8+,10-/m0/s1. The first-order valence-electron chi connectivity index (χ1n) is 4.78. The minimum atomic E-state index is 0.0272. The van der Waals surface area contributed by atoms with Gasteiger partial charge in [0.25, 0.3) is 0 Å². The van der Waals surface area contributed by atoms with Crippen molar-refractivity contribution < 1.29 is 4.79 Å². The SMILES string of the molecule is O=C1NCC[C@@]12C[C@H]1C=C[C@@H]2C1. The number of amides is 1. The third-order valence-electron chi connectivity index (χ3n) is 3.82. The van der Waals surface area contributed by atoms with Gasteiger partial charge in [-0.25, -0.2) is 0 Å². The molecule has 1 N–H and O–H groups in total. The van der Waals surface area contributed by atoms with Crippen LogP contribution >= 0.6 is 0 Å². The number of hydrogen-bond acceptors (Lipinski definition) is 1. The lowest BCUT2D eigenvalue weighted by atomic mass is 9.74. The molecule has 1 aliphatic heterocycles. The fourth-order valence-corrected chi connectivity index (χ4v) is 3.19. The molecule has 12 heavy (non-hydrogen) atoms. The van der Waals surface area contributed by atoms with Crippen molar-refractivity contribution in [2.24, 2.45) is 17.3 Å². The summed E-state index contributed by atoms with van der Waals surface area (Å²) in [5.74, 6) is 1.59. The maximum Gasteiger partial charge on any atom is 0.226 e. The molecule has 1 amide bonds. The zero-order valence-corrected chi connectivity index (χ0v) is 7.05. The van der Waals surface area contributed by atoms with Crippen molar-refractivity contribution in [3.05, 3.63) is 12.2 Å². The zero-order valence-electron chi connectivity index (χ0n) is 7.05. The molecule has 1 heterocycles. The third-order valence-corrected chi connectivity index (χ3v) is 3.82. The number of rotatable bonds is 0. The second kappa shape index (κ2) is 1.93. The van der Waals surface area contributed by atoms with Gasteiger partial charge in [-0.2, -0.15) is 0 Å². The molecule has 1 saturated carbocycles. The molecule has 3 aliphatic rings. The van der Waals surface area contributed by atoms with E-state index in [1.807, 2.05) is 0 Å². The molecule has 3 atom stereocenters. The molecule has 3 rings (SSSR count). The summed E-state index contributed by atoms with van der Waals surface area (Å²) in [5, 5.41) is 2.96. The normalized spacial score (nSPS) is 49.2. The lowest BCUT2D eigenvalue weighted by Crippen LogP contribution is -2.34. The highest BCUT2D eigenvalue weighted by Crippen LogP contribution is 2.55. The molecule has 0 aromatic heterocycles. The third kappa shape index (κ3) is 0.598. The zero-order chi connectivity index (χ0) is 8.18. The number of nitrogens with one attached hydrogen (secondary N) is 1. The van der Waals surface area contributed by atoms with Crippen LogP contribution in [-0.4, -0.2) is 12.5 Å². The minimum absolute atomic E-state index is 0.0272. The van der Waals surface area contributed by atoms with Gasteiger partial charge in [-0.15, -0.1) is 0 Å². The van der Waals surface area contributed by atoms with E-state index in [0.29, 0.717) is 17.7 Å². The molecule has 0 unspecified atom stereocenters. The Bertz CT molecular complexity index is 271. The Morgan fingerprint density at radius 1 is 1.50 bits per heavy atom. The molecular weight excluding hydrogens is 150 g/mol. The first-order chi connectivity index (χ1) is 5.81. The Morgan fingerprint density at radius 2 is 2.42 bits per heavy atom. The van der Waals surface area contributed by atoms with E-state index < -0.39 is 0 Å². The highest BCUT2D eigenvalue weighted by atomic mass is 16.2. The fraction of sp³-hybridized carbons (Fsp3) is 0.700. The van der Waals surface area contributed by atoms with Crippen LogP contribution in [0.3, 0.4) is 0 Å². The summed E-state index contributed by atoms with van der Waals surface area (Å²) in [7, 11) is 0. The van der Waals surface area contributed by atoms with E-state index in [0.717, 1.165) is 19.4 Å². The Kier molecular flexibility index (Phi) is 1.07. The molecular formula is C10H13NO. The molecule has 2 heteroatoms. The molecule has 2 aliphatic carbocycles. The van der Waals surface area contributed by atoms with Crippen molar-refractivity contribution in [1.82, 2.24) is 5.32 Å². The van der Waals surface area contributed by atoms with Crippen LogP contribution in [0, 0.1) is 17.3 Å². The van der Waals surface area contributed by atoms with Gasteiger partial charge in [-0.1, -0.05) is 12.2 Å². The Hall–Kier alpha value is -0.790. The minimum Gasteiger partial charge on any atom is -0.356 e. The second-order valence-electron chi connectivity index (χ2n) is 4.35. The van der Waals surface area contributed by atoms with Crippen LogP contribution in [0.15, 0.2) is 12.2 Å². The van der Waals surface area contributed by atoms with Crippen molar-refractivity contribution in [2.75, 3.05) is 6.54 Å². The average molecular weight is 163 g/mol. The monoisotopic (exact) mass is 163 g/mol. The molecule has 2 nitrogen and oxygen atoms in total. The number of hydrogen-bond donors (Lipinski definition) is 1. The van der Waals surface area contributed by atoms with Gasteiger partial charge in [0.1, 0.15) is 0 Å². The second-order valence-corrected chi connectivity index (χ2v) is 4.35. The quantitative estimate of drug-likeness (QED) is 0.532. The van der Waals surface area contributed by atoms with E-state index >= 15 is 0 Å². The lowest BCUT2D eigenvalue weighted by Gasteiger charge is -2.27. The van der Waals surface area contributed by atoms with E-state index in [1.54, 1.807) is 0 Å². The first kappa shape index (κ1) is 6.70. The maximum atomic E-state index is 11.6. The van der Waals surface area contributed by atoms with Crippen molar-refractivity contribution in [3.8, 4) is 0 Å². The molecule has 2 bridgehead atoms. The van der Waals surface area contributed by atoms with Crippen molar-refractivity contribution in [3.63, 3.8) is 0 Å². The van der Waals surface area contributed by atoms with Gasteiger partial charge in [0, 0.05) is 6.54 Å². The van der Waals surface area contributed by atoms with Gasteiger partial charge >= 0.3 is 0 Å². The van der Waals surface area contributed by atoms with Gasteiger partial charge < -0.3 is 5.32 Å². The Morgan fingerprint density at radius 3 is 2.92 bits per heavy atom. The highest BCUT2D eigenvalue weighted by molar-refractivity contribution is 5.86. The van der Waals surface area contributed by atoms with Crippen LogP contribution in [0.4, 0.5) is 0 Å².